The molecule has 1 aromatic carbocycles. The van der Waals surface area contributed by atoms with Crippen LogP contribution in [0.25, 0.3) is 0 Å². The number of nitrogens with one attached hydrogen (secondary N) is 2. The minimum atomic E-state index is -0.790. The van der Waals surface area contributed by atoms with Crippen molar-refractivity contribution < 1.29 is 14.7 Å². The Morgan fingerprint density at radius 2 is 1.83 bits per heavy atom. The first-order valence-electron chi connectivity index (χ1n) is 7.70. The lowest BCUT2D eigenvalue weighted by Crippen LogP contribution is -2.26. The van der Waals surface area contributed by atoms with E-state index in [9.17, 15) is 9.59 Å². The molecule has 122 valence electrons. The summed E-state index contributed by atoms with van der Waals surface area (Å²) in [5, 5.41) is 18.2. The Morgan fingerprint density at radius 3 is 2.43 bits per heavy atom. The van der Waals surface area contributed by atoms with E-state index < -0.39 is 5.97 Å². The Hall–Kier alpha value is -2.63. The summed E-state index contributed by atoms with van der Waals surface area (Å²) in [5.74, 6) is -0.956. The topological polar surface area (TPSA) is 95.1 Å². The van der Waals surface area contributed by atoms with E-state index in [0.717, 1.165) is 29.5 Å². The summed E-state index contributed by atoms with van der Waals surface area (Å²) >= 11 is 0. The van der Waals surface area contributed by atoms with Crippen LogP contribution < -0.4 is 5.32 Å². The second-order valence-corrected chi connectivity index (χ2v) is 5.33. The Bertz CT molecular complexity index is 662. The predicted octanol–water partition coefficient (Wildman–Crippen LogP) is 1.96. The molecule has 0 saturated carbocycles. The maximum absolute atomic E-state index is 12.0. The smallest absolute Gasteiger partial charge is 0.303 e. The molecule has 0 aliphatic carbocycles. The molecule has 0 aliphatic rings. The molecule has 0 saturated heterocycles. The summed E-state index contributed by atoms with van der Waals surface area (Å²) in [6.07, 6.45) is 3.89. The van der Waals surface area contributed by atoms with Gasteiger partial charge in [0.1, 0.15) is 0 Å². The van der Waals surface area contributed by atoms with Gasteiger partial charge in [-0.15, -0.1) is 0 Å². The van der Waals surface area contributed by atoms with Crippen LogP contribution in [-0.2, 0) is 24.1 Å². The lowest BCUT2D eigenvalue weighted by atomic mass is 10.1. The summed E-state index contributed by atoms with van der Waals surface area (Å²) in [7, 11) is 0. The highest BCUT2D eigenvalue weighted by molar-refractivity contribution is 5.93. The molecule has 0 radical (unpaired) electrons. The Kier molecular flexibility index (Phi) is 5.91. The number of amides is 1. The molecule has 6 nitrogen and oxygen atoms in total. The van der Waals surface area contributed by atoms with E-state index in [0.29, 0.717) is 18.7 Å². The zero-order valence-electron chi connectivity index (χ0n) is 13.1. The van der Waals surface area contributed by atoms with Crippen LogP contribution in [0.3, 0.4) is 0 Å². The number of carboxylic acid groups (broad SMARTS) is 1. The first kappa shape index (κ1) is 16.7. The lowest BCUT2D eigenvalue weighted by Gasteiger charge is -2.06. The zero-order chi connectivity index (χ0) is 16.7. The van der Waals surface area contributed by atoms with Gasteiger partial charge in [0.15, 0.2) is 5.69 Å². The van der Waals surface area contributed by atoms with Gasteiger partial charge in [-0.1, -0.05) is 31.2 Å². The van der Waals surface area contributed by atoms with Gasteiger partial charge in [-0.05, 0) is 30.4 Å². The van der Waals surface area contributed by atoms with Crippen LogP contribution in [0.2, 0.25) is 0 Å². The molecule has 1 aromatic heterocycles. The molecule has 6 heteroatoms. The van der Waals surface area contributed by atoms with E-state index in [-0.39, 0.29) is 12.3 Å². The van der Waals surface area contributed by atoms with Crippen molar-refractivity contribution >= 4 is 11.9 Å². The second-order valence-electron chi connectivity index (χ2n) is 5.33. The molecule has 2 aromatic rings. The number of rotatable bonds is 8. The van der Waals surface area contributed by atoms with Gasteiger partial charge in [0.25, 0.3) is 5.91 Å². The van der Waals surface area contributed by atoms with Gasteiger partial charge >= 0.3 is 5.97 Å². The first-order valence-corrected chi connectivity index (χ1v) is 7.70. The molecule has 0 aliphatic heterocycles. The summed E-state index contributed by atoms with van der Waals surface area (Å²) in [5.41, 5.74) is 3.47. The number of carbonyl (C=O) groups is 2. The van der Waals surface area contributed by atoms with Crippen molar-refractivity contribution in [1.29, 1.82) is 0 Å². The number of benzene rings is 1. The monoisotopic (exact) mass is 315 g/mol. The van der Waals surface area contributed by atoms with Crippen molar-refractivity contribution in [2.24, 2.45) is 0 Å². The van der Waals surface area contributed by atoms with Gasteiger partial charge in [0.05, 0.1) is 0 Å². The molecule has 0 spiro atoms. The summed E-state index contributed by atoms with van der Waals surface area (Å²) < 4.78 is 0. The van der Waals surface area contributed by atoms with Crippen molar-refractivity contribution in [1.82, 2.24) is 15.5 Å². The van der Waals surface area contributed by atoms with E-state index >= 15 is 0 Å². The van der Waals surface area contributed by atoms with Gasteiger partial charge in [0, 0.05) is 24.7 Å². The molecule has 2 rings (SSSR count). The SMILES string of the molecule is CCc1c[nH]nc1C(=O)NCCc1ccc(CCC(=O)O)cc1. The molecule has 23 heavy (non-hydrogen) atoms. The number of aliphatic carboxylic acids is 1. The van der Waals surface area contributed by atoms with Crippen molar-refractivity contribution in [2.45, 2.75) is 32.6 Å². The van der Waals surface area contributed by atoms with Gasteiger partial charge in [-0.2, -0.15) is 5.10 Å². The average molecular weight is 315 g/mol. The molecular formula is C17H21N3O3. The maximum Gasteiger partial charge on any atom is 0.303 e. The highest BCUT2D eigenvalue weighted by Gasteiger charge is 2.12. The molecule has 0 bridgehead atoms. The fraction of sp³-hybridized carbons (Fsp3) is 0.353. The largest absolute Gasteiger partial charge is 0.481 e. The van der Waals surface area contributed by atoms with Gasteiger partial charge in [-0.3, -0.25) is 14.7 Å². The van der Waals surface area contributed by atoms with Gasteiger partial charge in [0.2, 0.25) is 0 Å². The summed E-state index contributed by atoms with van der Waals surface area (Å²) in [6, 6.07) is 7.80. The number of H-pyrrole nitrogens is 1. The maximum atomic E-state index is 12.0. The Balaban J connectivity index is 1.80. The first-order chi connectivity index (χ1) is 11.1. The van der Waals surface area contributed by atoms with E-state index in [4.69, 9.17) is 5.11 Å². The van der Waals surface area contributed by atoms with E-state index in [1.165, 1.54) is 0 Å². The number of carboxylic acids is 1. The van der Waals surface area contributed by atoms with Gasteiger partial charge in [-0.25, -0.2) is 0 Å². The summed E-state index contributed by atoms with van der Waals surface area (Å²) in [6.45, 7) is 2.51. The Labute approximate surface area is 134 Å². The average Bonchev–Trinajstić information content (AvgIpc) is 3.02. The van der Waals surface area contributed by atoms with Crippen molar-refractivity contribution in [3.63, 3.8) is 0 Å². The minimum Gasteiger partial charge on any atom is -0.481 e. The third-order valence-electron chi connectivity index (χ3n) is 3.67. The third-order valence-corrected chi connectivity index (χ3v) is 3.67. The minimum absolute atomic E-state index is 0.138. The number of carbonyl (C=O) groups excluding carboxylic acids is 1. The highest BCUT2D eigenvalue weighted by Crippen LogP contribution is 2.08. The molecular weight excluding hydrogens is 294 g/mol. The van der Waals surface area contributed by atoms with Crippen LogP contribution in [-0.4, -0.2) is 33.7 Å². The van der Waals surface area contributed by atoms with Crippen LogP contribution in [0, 0.1) is 0 Å². The van der Waals surface area contributed by atoms with E-state index in [2.05, 4.69) is 15.5 Å². The predicted molar refractivity (Wildman–Crippen MR) is 86.4 cm³/mol. The van der Waals surface area contributed by atoms with Crippen molar-refractivity contribution in [3.8, 4) is 0 Å². The number of hydrogen-bond donors (Lipinski definition) is 3. The highest BCUT2D eigenvalue weighted by atomic mass is 16.4. The number of aromatic nitrogens is 2. The van der Waals surface area contributed by atoms with E-state index in [1.807, 2.05) is 31.2 Å². The normalized spacial score (nSPS) is 10.5. The molecule has 0 fully saturated rings. The fourth-order valence-corrected chi connectivity index (χ4v) is 2.31. The summed E-state index contributed by atoms with van der Waals surface area (Å²) in [4.78, 5) is 22.6. The van der Waals surface area contributed by atoms with Crippen LogP contribution >= 0.6 is 0 Å². The van der Waals surface area contributed by atoms with Crippen molar-refractivity contribution in [2.75, 3.05) is 6.54 Å². The third kappa shape index (κ3) is 4.95. The van der Waals surface area contributed by atoms with E-state index in [1.54, 1.807) is 6.20 Å². The Morgan fingerprint density at radius 1 is 1.17 bits per heavy atom. The van der Waals surface area contributed by atoms with Crippen molar-refractivity contribution in [3.05, 3.63) is 52.8 Å². The number of nitrogens with zero attached hydrogens (tertiary/aromatic N) is 1. The molecule has 3 N–H and O–H groups in total. The number of hydrogen-bond acceptors (Lipinski definition) is 3. The zero-order valence-corrected chi connectivity index (χ0v) is 13.1. The molecule has 0 atom stereocenters. The lowest BCUT2D eigenvalue weighted by molar-refractivity contribution is -0.136. The second kappa shape index (κ2) is 8.12. The molecule has 1 amide bonds. The van der Waals surface area contributed by atoms with Crippen LogP contribution in [0.1, 0.15) is 40.5 Å². The van der Waals surface area contributed by atoms with Crippen LogP contribution in [0.5, 0.6) is 0 Å². The molecule has 0 unspecified atom stereocenters. The number of aryl methyl sites for hydroxylation is 2. The number of aromatic amines is 1. The fourth-order valence-electron chi connectivity index (χ4n) is 2.31. The van der Waals surface area contributed by atoms with Gasteiger partial charge < -0.3 is 10.4 Å². The standard InChI is InChI=1S/C17H21N3O3/c1-2-14-11-19-20-16(14)17(23)18-10-9-13-5-3-12(4-6-13)7-8-15(21)22/h3-6,11H,2,7-10H2,1H3,(H,18,23)(H,19,20)(H,21,22). The van der Waals surface area contributed by atoms with Crippen LogP contribution in [0.4, 0.5) is 0 Å². The quantitative estimate of drug-likeness (QED) is 0.694. The molecule has 1 heterocycles. The van der Waals surface area contributed by atoms with Crippen LogP contribution in [0.15, 0.2) is 30.5 Å².